The molecule has 0 fully saturated rings. The summed E-state index contributed by atoms with van der Waals surface area (Å²) in [6.07, 6.45) is 0.00682. The summed E-state index contributed by atoms with van der Waals surface area (Å²) in [5, 5.41) is 10.8. The highest BCUT2D eigenvalue weighted by Gasteiger charge is 2.19. The Morgan fingerprint density at radius 1 is 1.38 bits per heavy atom. The zero-order valence-corrected chi connectivity index (χ0v) is 10.8. The van der Waals surface area contributed by atoms with E-state index in [-0.39, 0.29) is 6.10 Å². The van der Waals surface area contributed by atoms with Crippen LogP contribution in [0.15, 0.2) is 18.2 Å². The van der Waals surface area contributed by atoms with Crippen molar-refractivity contribution in [3.05, 3.63) is 34.3 Å². The lowest BCUT2D eigenvalue weighted by molar-refractivity contribution is -0.0355. The monoisotopic (exact) mass is 242 g/mol. The fourth-order valence-electron chi connectivity index (χ4n) is 1.65. The van der Waals surface area contributed by atoms with Gasteiger partial charge in [0.1, 0.15) is 6.10 Å². The molecule has 0 saturated heterocycles. The quantitative estimate of drug-likeness (QED) is 0.857. The van der Waals surface area contributed by atoms with Gasteiger partial charge in [-0.25, -0.2) is 0 Å². The molecule has 0 radical (unpaired) electrons. The molecule has 2 nitrogen and oxygen atoms in total. The van der Waals surface area contributed by atoms with E-state index < -0.39 is 6.10 Å². The van der Waals surface area contributed by atoms with E-state index in [9.17, 15) is 5.11 Å². The summed E-state index contributed by atoms with van der Waals surface area (Å²) in [5.41, 5.74) is 1.83. The van der Waals surface area contributed by atoms with E-state index in [4.69, 9.17) is 16.3 Å². The van der Waals surface area contributed by atoms with E-state index in [1.807, 2.05) is 39.0 Å². The number of hydrogen-bond acceptors (Lipinski definition) is 2. The largest absolute Gasteiger partial charge is 0.386 e. The van der Waals surface area contributed by atoms with Crippen LogP contribution in [0.25, 0.3) is 0 Å². The molecule has 1 aromatic rings. The van der Waals surface area contributed by atoms with Crippen molar-refractivity contribution in [2.75, 3.05) is 6.61 Å². The molecule has 0 aliphatic heterocycles. The van der Waals surface area contributed by atoms with Crippen LogP contribution in [0.3, 0.4) is 0 Å². The van der Waals surface area contributed by atoms with Gasteiger partial charge in [0.05, 0.1) is 6.10 Å². The second-order valence-corrected chi connectivity index (χ2v) is 4.26. The summed E-state index contributed by atoms with van der Waals surface area (Å²) in [7, 11) is 0. The van der Waals surface area contributed by atoms with Crippen LogP contribution in [-0.4, -0.2) is 17.8 Å². The number of halogens is 1. The van der Waals surface area contributed by atoms with Gasteiger partial charge < -0.3 is 9.84 Å². The fourth-order valence-corrected chi connectivity index (χ4v) is 1.84. The summed E-state index contributed by atoms with van der Waals surface area (Å²) in [5.74, 6) is 0. The topological polar surface area (TPSA) is 29.5 Å². The average molecular weight is 243 g/mol. The van der Waals surface area contributed by atoms with Gasteiger partial charge in [0.25, 0.3) is 0 Å². The van der Waals surface area contributed by atoms with Crippen molar-refractivity contribution in [1.82, 2.24) is 0 Å². The molecule has 1 aromatic carbocycles. The van der Waals surface area contributed by atoms with Crippen molar-refractivity contribution in [2.24, 2.45) is 0 Å². The van der Waals surface area contributed by atoms with Crippen molar-refractivity contribution in [3.8, 4) is 0 Å². The van der Waals surface area contributed by atoms with Gasteiger partial charge in [-0.1, -0.05) is 30.7 Å². The van der Waals surface area contributed by atoms with Gasteiger partial charge in [-0.3, -0.25) is 0 Å². The molecule has 0 aliphatic rings. The van der Waals surface area contributed by atoms with Gasteiger partial charge in [0.15, 0.2) is 0 Å². The van der Waals surface area contributed by atoms with Gasteiger partial charge in [0, 0.05) is 11.6 Å². The highest BCUT2D eigenvalue weighted by molar-refractivity contribution is 6.31. The number of rotatable bonds is 5. The Bertz CT molecular complexity index is 339. The standard InChI is InChI=1S/C13H19ClO2/c1-4-12(16-5-2)13(15)10-7-6-9(3)11(14)8-10/h6-8,12-13,15H,4-5H2,1-3H3. The van der Waals surface area contributed by atoms with E-state index in [0.29, 0.717) is 11.6 Å². The van der Waals surface area contributed by atoms with Crippen molar-refractivity contribution < 1.29 is 9.84 Å². The first-order chi connectivity index (χ1) is 7.60. The minimum Gasteiger partial charge on any atom is -0.386 e. The number of aliphatic hydroxyl groups excluding tert-OH is 1. The molecular weight excluding hydrogens is 224 g/mol. The van der Waals surface area contributed by atoms with Crippen LogP contribution in [0.2, 0.25) is 5.02 Å². The van der Waals surface area contributed by atoms with Crippen LogP contribution in [-0.2, 0) is 4.74 Å². The molecule has 16 heavy (non-hydrogen) atoms. The molecule has 0 aromatic heterocycles. The van der Waals surface area contributed by atoms with E-state index in [1.165, 1.54) is 0 Å². The molecule has 0 saturated carbocycles. The highest BCUT2D eigenvalue weighted by atomic mass is 35.5. The predicted molar refractivity (Wildman–Crippen MR) is 66.9 cm³/mol. The van der Waals surface area contributed by atoms with Gasteiger partial charge in [-0.05, 0) is 37.5 Å². The molecule has 2 atom stereocenters. The maximum atomic E-state index is 10.1. The van der Waals surface area contributed by atoms with E-state index in [0.717, 1.165) is 17.5 Å². The molecule has 90 valence electrons. The average Bonchev–Trinajstić information content (AvgIpc) is 2.28. The second-order valence-electron chi connectivity index (χ2n) is 3.86. The normalized spacial score (nSPS) is 14.8. The molecule has 3 heteroatoms. The fraction of sp³-hybridized carbons (Fsp3) is 0.538. The predicted octanol–water partition coefficient (Wildman–Crippen LogP) is 3.50. The lowest BCUT2D eigenvalue weighted by Gasteiger charge is -2.22. The number of hydrogen-bond donors (Lipinski definition) is 1. The molecule has 2 unspecified atom stereocenters. The van der Waals surface area contributed by atoms with Crippen LogP contribution in [0.4, 0.5) is 0 Å². The van der Waals surface area contributed by atoms with Crippen molar-refractivity contribution >= 4 is 11.6 Å². The van der Waals surface area contributed by atoms with Crippen molar-refractivity contribution in [3.63, 3.8) is 0 Å². The Labute approximate surface area is 102 Å². The molecule has 0 spiro atoms. The van der Waals surface area contributed by atoms with Crippen LogP contribution < -0.4 is 0 Å². The van der Waals surface area contributed by atoms with E-state index >= 15 is 0 Å². The van der Waals surface area contributed by atoms with Gasteiger partial charge in [-0.2, -0.15) is 0 Å². The Morgan fingerprint density at radius 2 is 2.06 bits per heavy atom. The molecule has 0 bridgehead atoms. The number of aryl methyl sites for hydroxylation is 1. The Morgan fingerprint density at radius 3 is 2.56 bits per heavy atom. The zero-order chi connectivity index (χ0) is 12.1. The summed E-state index contributed by atoms with van der Waals surface area (Å²) in [4.78, 5) is 0. The summed E-state index contributed by atoms with van der Waals surface area (Å²) in [6, 6.07) is 5.62. The maximum Gasteiger partial charge on any atom is 0.105 e. The zero-order valence-electron chi connectivity index (χ0n) is 10.0. The summed E-state index contributed by atoms with van der Waals surface area (Å²) in [6.45, 7) is 6.48. The highest BCUT2D eigenvalue weighted by Crippen LogP contribution is 2.25. The number of ether oxygens (including phenoxy) is 1. The third-order valence-electron chi connectivity index (χ3n) is 2.67. The van der Waals surface area contributed by atoms with E-state index in [2.05, 4.69) is 0 Å². The van der Waals surface area contributed by atoms with Crippen LogP contribution in [0, 0.1) is 6.92 Å². The SMILES string of the molecule is CCOC(CC)C(O)c1ccc(C)c(Cl)c1. The lowest BCUT2D eigenvalue weighted by atomic mass is 10.0. The van der Waals surface area contributed by atoms with Gasteiger partial charge in [-0.15, -0.1) is 0 Å². The number of benzene rings is 1. The molecule has 0 aliphatic carbocycles. The Kier molecular flexibility index (Phi) is 5.26. The first-order valence-corrected chi connectivity index (χ1v) is 6.03. The smallest absolute Gasteiger partial charge is 0.105 e. The van der Waals surface area contributed by atoms with Crippen molar-refractivity contribution in [2.45, 2.75) is 39.4 Å². The van der Waals surface area contributed by atoms with Crippen LogP contribution in [0.5, 0.6) is 0 Å². The third-order valence-corrected chi connectivity index (χ3v) is 3.08. The molecule has 0 amide bonds. The van der Waals surface area contributed by atoms with Crippen LogP contribution in [0.1, 0.15) is 37.5 Å². The van der Waals surface area contributed by atoms with Gasteiger partial charge in [0.2, 0.25) is 0 Å². The van der Waals surface area contributed by atoms with Gasteiger partial charge >= 0.3 is 0 Å². The van der Waals surface area contributed by atoms with Crippen molar-refractivity contribution in [1.29, 1.82) is 0 Å². The molecule has 1 rings (SSSR count). The lowest BCUT2D eigenvalue weighted by Crippen LogP contribution is -2.21. The first-order valence-electron chi connectivity index (χ1n) is 5.65. The Balaban J connectivity index is 2.85. The minimum atomic E-state index is -0.608. The molecule has 1 N–H and O–H groups in total. The molecule has 0 heterocycles. The number of aliphatic hydroxyl groups is 1. The molecular formula is C13H19ClO2. The second kappa shape index (κ2) is 6.24. The summed E-state index contributed by atoms with van der Waals surface area (Å²) >= 11 is 6.03. The third kappa shape index (κ3) is 3.21. The maximum absolute atomic E-state index is 10.1. The first kappa shape index (κ1) is 13.5. The van der Waals surface area contributed by atoms with Crippen LogP contribution >= 0.6 is 11.6 Å². The summed E-state index contributed by atoms with van der Waals surface area (Å²) < 4.78 is 5.48. The minimum absolute atomic E-state index is 0.163. The van der Waals surface area contributed by atoms with E-state index in [1.54, 1.807) is 0 Å². The Hall–Kier alpha value is -0.570.